The largest absolute Gasteiger partial charge is 0.496 e. The maximum atomic E-state index is 13.3. The van der Waals surface area contributed by atoms with Crippen LogP contribution in [-0.4, -0.2) is 78.2 Å². The van der Waals surface area contributed by atoms with Crippen molar-refractivity contribution in [3.8, 4) is 5.75 Å². The highest BCUT2D eigenvalue weighted by Crippen LogP contribution is 2.47. The lowest BCUT2D eigenvalue weighted by Crippen LogP contribution is -2.47. The molecule has 9 heteroatoms. The monoisotopic (exact) mass is 484 g/mol. The van der Waals surface area contributed by atoms with Crippen LogP contribution < -0.4 is 4.74 Å². The molecule has 3 heterocycles. The summed E-state index contributed by atoms with van der Waals surface area (Å²) in [4.78, 5) is 37.3. The van der Waals surface area contributed by atoms with Gasteiger partial charge < -0.3 is 24.2 Å². The Balaban J connectivity index is 1.70. The van der Waals surface area contributed by atoms with Gasteiger partial charge in [-0.3, -0.25) is 4.79 Å². The quantitative estimate of drug-likeness (QED) is 0.573. The van der Waals surface area contributed by atoms with Crippen molar-refractivity contribution in [2.45, 2.75) is 39.3 Å². The molecule has 0 bridgehead atoms. The zero-order valence-electron chi connectivity index (χ0n) is 20.4. The molecule has 1 atom stereocenters. The summed E-state index contributed by atoms with van der Waals surface area (Å²) in [5.74, 6) is 0.337. The van der Waals surface area contributed by atoms with Gasteiger partial charge in [0, 0.05) is 37.4 Å². The average Bonchev–Trinajstić information content (AvgIpc) is 3.19. The van der Waals surface area contributed by atoms with Crippen LogP contribution in [0.1, 0.15) is 38.8 Å². The molecule has 0 N–H and O–H groups in total. The highest BCUT2D eigenvalue weighted by Gasteiger charge is 2.42. The number of piperazine rings is 1. The summed E-state index contributed by atoms with van der Waals surface area (Å²) in [6.45, 7) is 8.66. The van der Waals surface area contributed by atoms with Gasteiger partial charge in [0.05, 0.1) is 36.9 Å². The number of esters is 1. The molecule has 3 aliphatic rings. The number of benzene rings is 1. The van der Waals surface area contributed by atoms with E-state index in [1.54, 1.807) is 7.11 Å². The van der Waals surface area contributed by atoms with Crippen molar-refractivity contribution in [1.29, 1.82) is 0 Å². The molecule has 0 aliphatic carbocycles. The zero-order chi connectivity index (χ0) is 24.4. The lowest BCUT2D eigenvalue weighted by atomic mass is 9.93. The second-order valence-corrected chi connectivity index (χ2v) is 9.79. The third-order valence-corrected chi connectivity index (χ3v) is 7.07. The Morgan fingerprint density at radius 2 is 1.88 bits per heavy atom. The number of ether oxygens (including phenoxy) is 2. The number of carbonyl (C=O) groups is 2. The summed E-state index contributed by atoms with van der Waals surface area (Å²) >= 11 is 1.47. The van der Waals surface area contributed by atoms with Crippen LogP contribution >= 0.6 is 11.8 Å². The molecule has 0 radical (unpaired) electrons. The summed E-state index contributed by atoms with van der Waals surface area (Å²) < 4.78 is 11.3. The predicted octanol–water partition coefficient (Wildman–Crippen LogP) is 3.39. The van der Waals surface area contributed by atoms with Crippen LogP contribution in [0.15, 0.2) is 51.6 Å². The maximum Gasteiger partial charge on any atom is 0.338 e. The first-order valence-corrected chi connectivity index (χ1v) is 12.4. The van der Waals surface area contributed by atoms with Crippen LogP contribution in [0.4, 0.5) is 0 Å². The number of amidine groups is 1. The highest BCUT2D eigenvalue weighted by atomic mass is 32.2. The number of rotatable bonds is 6. The molecule has 3 aliphatic heterocycles. The molecule has 1 aromatic rings. The minimum Gasteiger partial charge on any atom is -0.496 e. The van der Waals surface area contributed by atoms with Crippen LogP contribution in [0, 0.1) is 0 Å². The second kappa shape index (κ2) is 10.2. The Kier molecular flexibility index (Phi) is 7.33. The van der Waals surface area contributed by atoms with Gasteiger partial charge in [-0.15, -0.1) is 0 Å². The number of nitrogens with zero attached hydrogens (tertiary/aromatic N) is 4. The van der Waals surface area contributed by atoms with Crippen molar-refractivity contribution in [2.75, 3.05) is 40.3 Å². The van der Waals surface area contributed by atoms with Gasteiger partial charge in [0.2, 0.25) is 5.91 Å². The third-order valence-electron chi connectivity index (χ3n) is 6.19. The van der Waals surface area contributed by atoms with Crippen molar-refractivity contribution < 1.29 is 19.1 Å². The van der Waals surface area contributed by atoms with Gasteiger partial charge >= 0.3 is 5.97 Å². The van der Waals surface area contributed by atoms with E-state index in [4.69, 9.17) is 14.5 Å². The summed E-state index contributed by atoms with van der Waals surface area (Å²) in [5.41, 5.74) is 2.72. The van der Waals surface area contributed by atoms with E-state index in [9.17, 15) is 9.59 Å². The van der Waals surface area contributed by atoms with Gasteiger partial charge in [-0.25, -0.2) is 9.79 Å². The van der Waals surface area contributed by atoms with Crippen LogP contribution in [0.5, 0.6) is 5.75 Å². The molecular weight excluding hydrogens is 452 g/mol. The lowest BCUT2D eigenvalue weighted by Gasteiger charge is -2.38. The fourth-order valence-electron chi connectivity index (χ4n) is 4.42. The first-order valence-electron chi connectivity index (χ1n) is 11.5. The number of hydrogen-bond donors (Lipinski definition) is 0. The number of carbonyl (C=O) groups excluding carboxylic acids is 2. The van der Waals surface area contributed by atoms with E-state index in [2.05, 4.69) is 11.9 Å². The van der Waals surface area contributed by atoms with Crippen LogP contribution in [0.25, 0.3) is 0 Å². The molecule has 34 heavy (non-hydrogen) atoms. The van der Waals surface area contributed by atoms with Gasteiger partial charge in [-0.1, -0.05) is 30.0 Å². The fraction of sp³-hybridized carbons (Fsp3) is 0.480. The summed E-state index contributed by atoms with van der Waals surface area (Å²) in [7, 11) is 3.68. The van der Waals surface area contributed by atoms with E-state index in [1.807, 2.05) is 60.2 Å². The van der Waals surface area contributed by atoms with Crippen LogP contribution in [0.3, 0.4) is 0 Å². The van der Waals surface area contributed by atoms with E-state index in [-0.39, 0.29) is 18.4 Å². The molecule has 1 fully saturated rings. The Labute approximate surface area is 205 Å². The number of fused-ring (bicyclic) bond motifs is 1. The van der Waals surface area contributed by atoms with Crippen molar-refractivity contribution in [1.82, 2.24) is 14.7 Å². The number of methoxy groups -OCH3 is 1. The number of allylic oxidation sites excluding steroid dienone is 1. The summed E-state index contributed by atoms with van der Waals surface area (Å²) in [5, 5.41) is 2.72. The topological polar surface area (TPSA) is 74.7 Å². The van der Waals surface area contributed by atoms with Crippen molar-refractivity contribution in [3.63, 3.8) is 0 Å². The molecular formula is C25H32N4O4S. The number of likely N-dealkylation sites (N-methyl/N-ethyl adjacent to an activating group) is 1. The van der Waals surface area contributed by atoms with E-state index < -0.39 is 12.0 Å². The molecule has 182 valence electrons. The molecule has 8 nitrogen and oxygen atoms in total. The molecule has 4 rings (SSSR count). The minimum atomic E-state index is -0.503. The molecule has 1 amide bonds. The fourth-order valence-corrected chi connectivity index (χ4v) is 5.38. The van der Waals surface area contributed by atoms with E-state index >= 15 is 0 Å². The maximum absolute atomic E-state index is 13.3. The van der Waals surface area contributed by atoms with E-state index in [0.717, 1.165) is 42.6 Å². The molecule has 0 saturated carbocycles. The van der Waals surface area contributed by atoms with Crippen LogP contribution in [-0.2, 0) is 14.3 Å². The Morgan fingerprint density at radius 1 is 1.18 bits per heavy atom. The third kappa shape index (κ3) is 4.86. The Morgan fingerprint density at radius 3 is 2.56 bits per heavy atom. The SMILES string of the molecule is COc1ccccc1C1C(C(=O)OC(C)C)=C(C)N=C2SC=C(CC(=O)N3CCN(C)CC3)N21. The van der Waals surface area contributed by atoms with Gasteiger partial charge in [-0.05, 0) is 39.3 Å². The van der Waals surface area contributed by atoms with Crippen molar-refractivity contribution in [3.05, 3.63) is 52.2 Å². The smallest absolute Gasteiger partial charge is 0.338 e. The first kappa shape index (κ1) is 24.3. The predicted molar refractivity (Wildman–Crippen MR) is 133 cm³/mol. The first-order chi connectivity index (χ1) is 16.3. The standard InChI is InChI=1S/C25H32N4O4S/c1-16(2)33-24(31)22-17(3)26-25-29(23(22)19-8-6-7-9-20(19)32-5)18(15-34-25)14-21(30)28-12-10-27(4)11-13-28/h6-9,15-16,23H,10-14H2,1-5H3. The number of amides is 1. The van der Waals surface area contributed by atoms with E-state index in [0.29, 0.717) is 17.0 Å². The molecule has 1 aromatic carbocycles. The number of thioether (sulfide) groups is 1. The molecule has 1 unspecified atom stereocenters. The van der Waals surface area contributed by atoms with E-state index in [1.165, 1.54) is 11.8 Å². The van der Waals surface area contributed by atoms with Crippen molar-refractivity contribution in [2.24, 2.45) is 4.99 Å². The van der Waals surface area contributed by atoms with Gasteiger partial charge in [-0.2, -0.15) is 0 Å². The lowest BCUT2D eigenvalue weighted by molar-refractivity contribution is -0.143. The van der Waals surface area contributed by atoms with Crippen LogP contribution in [0.2, 0.25) is 0 Å². The van der Waals surface area contributed by atoms with Gasteiger partial charge in [0.1, 0.15) is 5.75 Å². The van der Waals surface area contributed by atoms with Crippen molar-refractivity contribution >= 4 is 28.8 Å². The number of para-hydroxylation sites is 1. The number of hydrogen-bond acceptors (Lipinski definition) is 8. The summed E-state index contributed by atoms with van der Waals surface area (Å²) in [6, 6.07) is 7.15. The highest BCUT2D eigenvalue weighted by molar-refractivity contribution is 8.16. The number of aliphatic imine (C=N–C) groups is 1. The van der Waals surface area contributed by atoms with Gasteiger partial charge in [0.25, 0.3) is 0 Å². The van der Waals surface area contributed by atoms with Gasteiger partial charge in [0.15, 0.2) is 5.17 Å². The average molecular weight is 485 g/mol. The Bertz CT molecular complexity index is 1060. The molecule has 0 aromatic heterocycles. The normalized spacial score (nSPS) is 20.8. The summed E-state index contributed by atoms with van der Waals surface area (Å²) in [6.07, 6.45) is -0.0225. The Hall–Kier alpha value is -2.78. The minimum absolute atomic E-state index is 0.0811. The zero-order valence-corrected chi connectivity index (χ0v) is 21.2. The molecule has 1 saturated heterocycles. The second-order valence-electron chi connectivity index (χ2n) is 8.95. The molecule has 0 spiro atoms.